The number of carbonyl (C=O) groups excluding carboxylic acids is 1. The summed E-state index contributed by atoms with van der Waals surface area (Å²) in [6.07, 6.45) is 0. The molecule has 0 aromatic heterocycles. The summed E-state index contributed by atoms with van der Waals surface area (Å²) in [5.41, 5.74) is 6.91. The van der Waals surface area contributed by atoms with E-state index < -0.39 is 21.5 Å². The molecule has 1 unspecified atom stereocenters. The van der Waals surface area contributed by atoms with Gasteiger partial charge in [-0.05, 0) is 17.7 Å². The van der Waals surface area contributed by atoms with Crippen molar-refractivity contribution in [2.24, 2.45) is 16.0 Å². The Hall–Kier alpha value is -2.95. The molecule has 2 rings (SSSR count). The molecule has 0 saturated heterocycles. The first-order valence-corrected chi connectivity index (χ1v) is 7.49. The molecule has 0 radical (unpaired) electrons. The second-order valence-corrected chi connectivity index (χ2v) is 5.02. The van der Waals surface area contributed by atoms with E-state index in [1.54, 1.807) is 24.3 Å². The number of carbonyl (C=O) groups is 1. The summed E-state index contributed by atoms with van der Waals surface area (Å²) in [6, 6.07) is 13.7. The number of hydrogen-bond acceptors (Lipinski definition) is 7. The van der Waals surface area contributed by atoms with Crippen molar-refractivity contribution in [1.82, 2.24) is 0 Å². The zero-order valence-corrected chi connectivity index (χ0v) is 13.1. The summed E-state index contributed by atoms with van der Waals surface area (Å²) >= 11 is 0. The van der Waals surface area contributed by atoms with E-state index in [9.17, 15) is 14.9 Å². The van der Waals surface area contributed by atoms with E-state index in [0.717, 1.165) is 0 Å². The van der Waals surface area contributed by atoms with Crippen LogP contribution in [0.1, 0.15) is 22.0 Å². The minimum absolute atomic E-state index is 0.0511. The Morgan fingerprint density at radius 3 is 2.00 bits per heavy atom. The molecule has 0 aliphatic heterocycles. The average Bonchev–Trinajstić information content (AvgIpc) is 2.61. The molecule has 24 heavy (non-hydrogen) atoms. The monoisotopic (exact) mass is 350 g/mol. The van der Waals surface area contributed by atoms with Crippen LogP contribution in [-0.4, -0.2) is 19.1 Å². The molecule has 0 aliphatic rings. The third-order valence-corrected chi connectivity index (χ3v) is 3.06. The quantitative estimate of drug-likeness (QED) is 0.365. The van der Waals surface area contributed by atoms with Crippen molar-refractivity contribution in [2.75, 3.05) is 0 Å². The van der Waals surface area contributed by atoms with Crippen molar-refractivity contribution in [3.05, 3.63) is 75.8 Å². The van der Waals surface area contributed by atoms with Crippen LogP contribution in [-0.2, 0) is 10.5 Å². The molecule has 4 N–H and O–H groups in total. The Kier molecular flexibility index (Phi) is 7.36. The van der Waals surface area contributed by atoms with Gasteiger partial charge in [0.15, 0.2) is 5.78 Å². The van der Waals surface area contributed by atoms with E-state index in [1.165, 1.54) is 24.3 Å². The van der Waals surface area contributed by atoms with Gasteiger partial charge in [-0.1, -0.05) is 34.8 Å². The average molecular weight is 350 g/mol. The fourth-order valence-electron chi connectivity index (χ4n) is 1.74. The van der Waals surface area contributed by atoms with Gasteiger partial charge in [-0.2, -0.15) is 8.42 Å². The number of hydrogen-bond donors (Lipinski definition) is 2. The van der Waals surface area contributed by atoms with Crippen LogP contribution in [0.4, 0.5) is 5.69 Å². The number of ketones is 1. The third-order valence-electron chi connectivity index (χ3n) is 2.89. The van der Waals surface area contributed by atoms with Gasteiger partial charge in [-0.25, -0.2) is 5.84 Å². The molecule has 2 aromatic rings. The van der Waals surface area contributed by atoms with E-state index in [0.29, 0.717) is 11.1 Å². The Morgan fingerprint density at radius 2 is 1.58 bits per heavy atom. The van der Waals surface area contributed by atoms with Crippen LogP contribution >= 0.6 is 0 Å². The van der Waals surface area contributed by atoms with E-state index in [-0.39, 0.29) is 11.5 Å². The van der Waals surface area contributed by atoms with Gasteiger partial charge < -0.3 is 5.73 Å². The predicted molar refractivity (Wildman–Crippen MR) is 86.3 cm³/mol. The highest BCUT2D eigenvalue weighted by atomic mass is 32.2. The zero-order valence-electron chi connectivity index (χ0n) is 12.3. The summed E-state index contributed by atoms with van der Waals surface area (Å²) in [5.74, 6) is 3.92. The molecule has 1 atom stereocenters. The standard InChI is InChI=1S/C14H12N2O3.H2N2O2S/c15-13(10-4-2-1-3-5-10)14(17)11-6-8-12(9-7-11)16(18)19;1-2-5(3)4/h1-9,13H,15H2;1H2. The number of nitro groups is 1. The number of benzene rings is 2. The zero-order chi connectivity index (χ0) is 18.1. The van der Waals surface area contributed by atoms with E-state index in [2.05, 4.69) is 10.3 Å². The van der Waals surface area contributed by atoms with Crippen LogP contribution < -0.4 is 11.6 Å². The molecule has 126 valence electrons. The Labute approximate surface area is 138 Å². The lowest BCUT2D eigenvalue weighted by atomic mass is 9.98. The van der Waals surface area contributed by atoms with Gasteiger partial charge in [0.1, 0.15) is 0 Å². The molecule has 10 heteroatoms. The number of rotatable bonds is 4. The molecule has 0 bridgehead atoms. The van der Waals surface area contributed by atoms with Crippen molar-refractivity contribution < 1.29 is 18.1 Å². The molecule has 0 spiro atoms. The fraction of sp³-hybridized carbons (Fsp3) is 0.0714. The Morgan fingerprint density at radius 1 is 1.08 bits per heavy atom. The molecule has 0 fully saturated rings. The van der Waals surface area contributed by atoms with Crippen LogP contribution in [0.3, 0.4) is 0 Å². The molecule has 9 nitrogen and oxygen atoms in total. The van der Waals surface area contributed by atoms with Crippen molar-refractivity contribution >= 4 is 22.0 Å². The van der Waals surface area contributed by atoms with Crippen molar-refractivity contribution in [1.29, 1.82) is 0 Å². The summed E-state index contributed by atoms with van der Waals surface area (Å²) in [4.78, 5) is 22.2. The summed E-state index contributed by atoms with van der Waals surface area (Å²) in [5, 5.41) is 10.5. The summed E-state index contributed by atoms with van der Waals surface area (Å²) in [6.45, 7) is 0. The van der Waals surface area contributed by atoms with Gasteiger partial charge in [0.25, 0.3) is 5.69 Å². The molecule has 0 aliphatic carbocycles. The van der Waals surface area contributed by atoms with E-state index in [1.807, 2.05) is 6.07 Å². The first-order valence-electron chi connectivity index (χ1n) is 6.46. The van der Waals surface area contributed by atoms with Gasteiger partial charge >= 0.3 is 10.5 Å². The maximum absolute atomic E-state index is 12.1. The second-order valence-electron chi connectivity index (χ2n) is 4.38. The van der Waals surface area contributed by atoms with Crippen LogP contribution in [0.25, 0.3) is 0 Å². The third kappa shape index (κ3) is 5.68. The SMILES string of the molecule is NC(C(=O)c1ccc([N+](=O)[O-])cc1)c1ccccc1.NN=S(=O)=O. The second kappa shape index (κ2) is 9.25. The lowest BCUT2D eigenvalue weighted by molar-refractivity contribution is -0.384. The normalized spacial score (nSPS) is 10.8. The highest BCUT2D eigenvalue weighted by molar-refractivity contribution is 7.61. The highest BCUT2D eigenvalue weighted by Gasteiger charge is 2.18. The summed E-state index contributed by atoms with van der Waals surface area (Å²) in [7, 11) is -2.42. The molecule has 0 heterocycles. The lowest BCUT2D eigenvalue weighted by Gasteiger charge is -2.10. The molecular weight excluding hydrogens is 336 g/mol. The first-order chi connectivity index (χ1) is 11.4. The molecule has 0 saturated carbocycles. The van der Waals surface area contributed by atoms with Crippen LogP contribution in [0.5, 0.6) is 0 Å². The maximum Gasteiger partial charge on any atom is 0.327 e. The highest BCUT2D eigenvalue weighted by Crippen LogP contribution is 2.18. The van der Waals surface area contributed by atoms with Crippen molar-refractivity contribution in [3.8, 4) is 0 Å². The van der Waals surface area contributed by atoms with Gasteiger partial charge in [0, 0.05) is 17.7 Å². The molecule has 0 amide bonds. The van der Waals surface area contributed by atoms with Crippen LogP contribution in [0.15, 0.2) is 59.1 Å². The lowest BCUT2D eigenvalue weighted by Crippen LogP contribution is -2.21. The smallest absolute Gasteiger partial charge is 0.318 e. The van der Waals surface area contributed by atoms with Gasteiger partial charge in [0.05, 0.1) is 11.0 Å². The number of nitro benzene ring substituents is 1. The van der Waals surface area contributed by atoms with Gasteiger partial charge in [0.2, 0.25) is 0 Å². The number of nitrogens with zero attached hydrogens (tertiary/aromatic N) is 2. The predicted octanol–water partition coefficient (Wildman–Crippen LogP) is 1.40. The first kappa shape index (κ1) is 19.1. The Balaban J connectivity index is 0.000000505. The van der Waals surface area contributed by atoms with Crippen molar-refractivity contribution in [2.45, 2.75) is 6.04 Å². The van der Waals surface area contributed by atoms with E-state index in [4.69, 9.17) is 14.2 Å². The topological polar surface area (TPSA) is 159 Å². The van der Waals surface area contributed by atoms with Crippen LogP contribution in [0, 0.1) is 10.1 Å². The Bertz CT molecular complexity index is 827. The number of nitrogens with two attached hydrogens (primary N) is 2. The van der Waals surface area contributed by atoms with Crippen molar-refractivity contribution in [3.63, 3.8) is 0 Å². The minimum Gasteiger partial charge on any atom is -0.318 e. The van der Waals surface area contributed by atoms with Gasteiger partial charge in [-0.3, -0.25) is 14.9 Å². The van der Waals surface area contributed by atoms with Gasteiger partial charge in [-0.15, -0.1) is 0 Å². The summed E-state index contributed by atoms with van der Waals surface area (Å²) < 4.78 is 20.5. The largest absolute Gasteiger partial charge is 0.327 e. The minimum atomic E-state index is -2.42. The fourth-order valence-corrected chi connectivity index (χ4v) is 1.74. The van der Waals surface area contributed by atoms with E-state index >= 15 is 0 Å². The maximum atomic E-state index is 12.1. The number of Topliss-reactive ketones (excluding diaryl/α,β-unsaturated/α-hetero) is 1. The molecular formula is C14H14N4O5S. The molecule has 2 aromatic carbocycles. The number of non-ortho nitro benzene ring substituents is 1. The van der Waals surface area contributed by atoms with Crippen LogP contribution in [0.2, 0.25) is 0 Å².